The standard InChI is InChI=1S/C27H31ClN4O4/c1-16-7-12-21-22(31(16)27(35)36-3)13-14-23-24(21)29-26(30(2)20-6-4-5-18(28)15-20)32(23)19-10-8-17(9-11-19)25(33)34/h4-6,13-17,19H,7-12H2,1-3H3,(H,33,34)/t16-,17?,19?/m0/s1. The van der Waals surface area contributed by atoms with Crippen LogP contribution >= 0.6 is 11.6 Å². The lowest BCUT2D eigenvalue weighted by Gasteiger charge is -2.34. The van der Waals surface area contributed by atoms with E-state index in [1.54, 1.807) is 4.90 Å². The van der Waals surface area contributed by atoms with Crippen LogP contribution in [0.5, 0.6) is 0 Å². The van der Waals surface area contributed by atoms with Gasteiger partial charge in [0.05, 0.1) is 29.7 Å². The molecule has 1 fully saturated rings. The van der Waals surface area contributed by atoms with Crippen LogP contribution in [0, 0.1) is 5.92 Å². The topological polar surface area (TPSA) is 87.9 Å². The Morgan fingerprint density at radius 1 is 1.14 bits per heavy atom. The molecule has 0 unspecified atom stereocenters. The molecule has 2 aromatic carbocycles. The predicted molar refractivity (Wildman–Crippen MR) is 141 cm³/mol. The third-order valence-corrected chi connectivity index (χ3v) is 7.95. The molecule has 1 amide bonds. The fourth-order valence-corrected chi connectivity index (χ4v) is 5.92. The molecule has 0 spiro atoms. The molecule has 8 nitrogen and oxygen atoms in total. The molecule has 1 aliphatic heterocycles. The molecule has 1 atom stereocenters. The lowest BCUT2D eigenvalue weighted by atomic mass is 9.86. The number of carboxylic acid groups (broad SMARTS) is 1. The van der Waals surface area contributed by atoms with Crippen LogP contribution in [-0.2, 0) is 16.0 Å². The number of halogens is 1. The fraction of sp³-hybridized carbons (Fsp3) is 0.444. The molecule has 2 aliphatic rings. The number of amides is 1. The number of aliphatic carboxylic acids is 1. The number of hydrogen-bond acceptors (Lipinski definition) is 5. The van der Waals surface area contributed by atoms with Crippen LogP contribution in [0.4, 0.5) is 22.1 Å². The van der Waals surface area contributed by atoms with Crippen molar-refractivity contribution in [3.05, 3.63) is 47.0 Å². The van der Waals surface area contributed by atoms with Crippen molar-refractivity contribution in [3.8, 4) is 0 Å². The highest BCUT2D eigenvalue weighted by atomic mass is 35.5. The minimum Gasteiger partial charge on any atom is -0.481 e. The minimum absolute atomic E-state index is 0.0318. The molecule has 5 rings (SSSR count). The molecule has 1 aliphatic carbocycles. The van der Waals surface area contributed by atoms with Gasteiger partial charge in [-0.1, -0.05) is 17.7 Å². The van der Waals surface area contributed by atoms with Gasteiger partial charge in [-0.3, -0.25) is 9.69 Å². The van der Waals surface area contributed by atoms with Gasteiger partial charge < -0.3 is 19.3 Å². The highest BCUT2D eigenvalue weighted by molar-refractivity contribution is 6.30. The summed E-state index contributed by atoms with van der Waals surface area (Å²) in [4.78, 5) is 33.1. The number of methoxy groups -OCH3 is 1. The number of rotatable bonds is 4. The molecule has 0 radical (unpaired) electrons. The van der Waals surface area contributed by atoms with Crippen molar-refractivity contribution < 1.29 is 19.4 Å². The highest BCUT2D eigenvalue weighted by Crippen LogP contribution is 2.43. The number of fused-ring (bicyclic) bond motifs is 3. The maximum Gasteiger partial charge on any atom is 0.414 e. The van der Waals surface area contributed by atoms with E-state index in [-0.39, 0.29) is 24.1 Å². The van der Waals surface area contributed by atoms with Crippen molar-refractivity contribution in [1.29, 1.82) is 0 Å². The van der Waals surface area contributed by atoms with Gasteiger partial charge in [-0.25, -0.2) is 9.78 Å². The number of ether oxygens (including phenoxy) is 1. The maximum atomic E-state index is 12.6. The number of carbonyl (C=O) groups excluding carboxylic acids is 1. The summed E-state index contributed by atoms with van der Waals surface area (Å²) in [5, 5.41) is 10.1. The molecular formula is C27H31ClN4O4. The zero-order chi connectivity index (χ0) is 25.6. The summed E-state index contributed by atoms with van der Waals surface area (Å²) < 4.78 is 7.34. The fourth-order valence-electron chi connectivity index (χ4n) is 5.74. The first-order valence-corrected chi connectivity index (χ1v) is 12.8. The van der Waals surface area contributed by atoms with E-state index in [4.69, 9.17) is 21.3 Å². The van der Waals surface area contributed by atoms with E-state index in [2.05, 4.69) is 4.57 Å². The van der Waals surface area contributed by atoms with E-state index < -0.39 is 5.97 Å². The van der Waals surface area contributed by atoms with Crippen LogP contribution in [0.2, 0.25) is 5.02 Å². The monoisotopic (exact) mass is 510 g/mol. The van der Waals surface area contributed by atoms with Crippen LogP contribution < -0.4 is 9.80 Å². The van der Waals surface area contributed by atoms with Crippen LogP contribution in [0.25, 0.3) is 11.0 Å². The van der Waals surface area contributed by atoms with Gasteiger partial charge in [0.1, 0.15) is 0 Å². The van der Waals surface area contributed by atoms with Crippen LogP contribution in [0.1, 0.15) is 50.6 Å². The van der Waals surface area contributed by atoms with Gasteiger partial charge in [-0.2, -0.15) is 0 Å². The number of imidazole rings is 1. The normalized spacial score (nSPS) is 21.8. The van der Waals surface area contributed by atoms with E-state index in [1.807, 2.05) is 55.3 Å². The molecule has 2 heterocycles. The Morgan fingerprint density at radius 2 is 1.89 bits per heavy atom. The largest absolute Gasteiger partial charge is 0.481 e. The SMILES string of the molecule is COC(=O)N1c2ccc3c(nc(N(C)c4cccc(Cl)c4)n3C3CCC(C(=O)O)CC3)c2CC[C@@H]1C. The first-order chi connectivity index (χ1) is 17.3. The lowest BCUT2D eigenvalue weighted by molar-refractivity contribution is -0.143. The van der Waals surface area contributed by atoms with Gasteiger partial charge >= 0.3 is 12.1 Å². The van der Waals surface area contributed by atoms with Crippen molar-refractivity contribution >= 4 is 52.0 Å². The number of aromatic nitrogens is 2. The molecule has 9 heteroatoms. The molecule has 3 aromatic rings. The van der Waals surface area contributed by atoms with Crippen LogP contribution in [-0.4, -0.2) is 46.9 Å². The third-order valence-electron chi connectivity index (χ3n) is 7.71. The van der Waals surface area contributed by atoms with Crippen molar-refractivity contribution in [2.45, 2.75) is 57.5 Å². The van der Waals surface area contributed by atoms with Gasteiger partial charge in [0.25, 0.3) is 0 Å². The number of anilines is 3. The summed E-state index contributed by atoms with van der Waals surface area (Å²) in [5.74, 6) is -0.234. The highest BCUT2D eigenvalue weighted by Gasteiger charge is 2.34. The van der Waals surface area contributed by atoms with Crippen molar-refractivity contribution in [2.75, 3.05) is 24.0 Å². The zero-order valence-corrected chi connectivity index (χ0v) is 21.5. The van der Waals surface area contributed by atoms with E-state index in [0.29, 0.717) is 17.9 Å². The van der Waals surface area contributed by atoms with Crippen molar-refractivity contribution in [3.63, 3.8) is 0 Å². The Hall–Kier alpha value is -3.26. The summed E-state index contributed by atoms with van der Waals surface area (Å²) in [6.45, 7) is 2.03. The number of benzene rings is 2. The summed E-state index contributed by atoms with van der Waals surface area (Å²) in [6, 6.07) is 11.8. The molecule has 190 valence electrons. The Balaban J connectivity index is 1.66. The summed E-state index contributed by atoms with van der Waals surface area (Å²) in [6.07, 6.45) is 4.06. The number of carboxylic acids is 1. The number of aryl methyl sites for hydroxylation is 1. The maximum absolute atomic E-state index is 12.6. The first-order valence-electron chi connectivity index (χ1n) is 12.4. The second-order valence-electron chi connectivity index (χ2n) is 9.82. The van der Waals surface area contributed by atoms with Crippen molar-refractivity contribution in [2.24, 2.45) is 5.92 Å². The quantitative estimate of drug-likeness (QED) is 0.451. The molecular weight excluding hydrogens is 480 g/mol. The van der Waals surface area contributed by atoms with E-state index in [0.717, 1.165) is 59.6 Å². The number of nitrogens with zero attached hydrogens (tertiary/aromatic N) is 4. The molecule has 1 aromatic heterocycles. The zero-order valence-electron chi connectivity index (χ0n) is 20.8. The van der Waals surface area contributed by atoms with Crippen molar-refractivity contribution in [1.82, 2.24) is 9.55 Å². The van der Waals surface area contributed by atoms with Crippen LogP contribution in [0.15, 0.2) is 36.4 Å². The summed E-state index contributed by atoms with van der Waals surface area (Å²) >= 11 is 6.30. The number of hydrogen-bond donors (Lipinski definition) is 1. The van der Waals surface area contributed by atoms with Crippen LogP contribution in [0.3, 0.4) is 0 Å². The Labute approximate surface area is 215 Å². The lowest BCUT2D eigenvalue weighted by Crippen LogP contribution is -2.42. The number of carbonyl (C=O) groups is 2. The second kappa shape index (κ2) is 9.65. The summed E-state index contributed by atoms with van der Waals surface area (Å²) in [5.41, 5.74) is 4.66. The van der Waals surface area contributed by atoms with Gasteiger partial charge in [0, 0.05) is 35.4 Å². The summed E-state index contributed by atoms with van der Waals surface area (Å²) in [7, 11) is 3.38. The Kier molecular flexibility index (Phi) is 6.55. The Morgan fingerprint density at radius 3 is 2.56 bits per heavy atom. The van der Waals surface area contributed by atoms with Gasteiger partial charge in [-0.05, 0) is 75.8 Å². The minimum atomic E-state index is -0.716. The third kappa shape index (κ3) is 4.17. The smallest absolute Gasteiger partial charge is 0.414 e. The van der Waals surface area contributed by atoms with Gasteiger partial charge in [0.2, 0.25) is 5.95 Å². The second-order valence-corrected chi connectivity index (χ2v) is 10.3. The van der Waals surface area contributed by atoms with Gasteiger partial charge in [0.15, 0.2) is 0 Å². The molecule has 36 heavy (non-hydrogen) atoms. The molecule has 1 saturated carbocycles. The van der Waals surface area contributed by atoms with E-state index >= 15 is 0 Å². The predicted octanol–water partition coefficient (Wildman–Crippen LogP) is 6.18. The Bertz CT molecular complexity index is 1310. The molecule has 0 bridgehead atoms. The van der Waals surface area contributed by atoms with E-state index in [1.165, 1.54) is 7.11 Å². The molecule has 0 saturated heterocycles. The van der Waals surface area contributed by atoms with E-state index in [9.17, 15) is 14.7 Å². The molecule has 1 N–H and O–H groups in total. The first kappa shape index (κ1) is 24.4. The average molecular weight is 511 g/mol. The van der Waals surface area contributed by atoms with Gasteiger partial charge in [-0.15, -0.1) is 0 Å². The average Bonchev–Trinajstić information content (AvgIpc) is 3.27.